The molecule has 2 rings (SSSR count). The third-order valence-electron chi connectivity index (χ3n) is 2.92. The molecule has 112 valence electrons. The van der Waals surface area contributed by atoms with Crippen LogP contribution in [0.15, 0.2) is 48.5 Å². The lowest BCUT2D eigenvalue weighted by Gasteiger charge is -2.08. The molecule has 0 spiro atoms. The van der Waals surface area contributed by atoms with Crippen LogP contribution in [0.1, 0.15) is 19.3 Å². The molecule has 0 aromatic heterocycles. The molecule has 21 heavy (non-hydrogen) atoms. The minimum absolute atomic E-state index is 0.700. The van der Waals surface area contributed by atoms with Gasteiger partial charge in [0.1, 0.15) is 17.2 Å². The molecule has 0 atom stereocenters. The molecule has 0 bridgehead atoms. The van der Waals surface area contributed by atoms with Gasteiger partial charge in [0.15, 0.2) is 0 Å². The maximum Gasteiger partial charge on any atom is 0.127 e. The topological polar surface area (TPSA) is 18.5 Å². The summed E-state index contributed by atoms with van der Waals surface area (Å²) in [6, 6.07) is 15.0. The van der Waals surface area contributed by atoms with Gasteiger partial charge in [-0.25, -0.2) is 0 Å². The Bertz CT molecular complexity index is 525. The van der Waals surface area contributed by atoms with Crippen molar-refractivity contribution in [2.24, 2.45) is 0 Å². The fourth-order valence-corrected chi connectivity index (χ4v) is 2.33. The van der Waals surface area contributed by atoms with Gasteiger partial charge in [0.05, 0.1) is 6.61 Å². The Kier molecular flexibility index (Phi) is 6.90. The van der Waals surface area contributed by atoms with Crippen LogP contribution in [0.25, 0.3) is 0 Å². The summed E-state index contributed by atoms with van der Waals surface area (Å²) in [5.74, 6) is 2.42. The molecule has 0 radical (unpaired) electrons. The molecule has 0 aliphatic rings. The lowest BCUT2D eigenvalue weighted by atomic mass is 10.2. The first-order chi connectivity index (χ1) is 10.3. The molecule has 2 aromatic carbocycles. The molecule has 2 aromatic rings. The Morgan fingerprint density at radius 3 is 1.95 bits per heavy atom. The van der Waals surface area contributed by atoms with E-state index in [-0.39, 0.29) is 0 Å². The highest BCUT2D eigenvalue weighted by atomic mass is 79.9. The smallest absolute Gasteiger partial charge is 0.127 e. The van der Waals surface area contributed by atoms with Crippen molar-refractivity contribution in [2.45, 2.75) is 19.3 Å². The monoisotopic (exact) mass is 368 g/mol. The van der Waals surface area contributed by atoms with Crippen LogP contribution in [0.3, 0.4) is 0 Å². The molecule has 0 saturated carbocycles. The van der Waals surface area contributed by atoms with Gasteiger partial charge in [0.25, 0.3) is 0 Å². The second kappa shape index (κ2) is 8.96. The number of hydrogen-bond donors (Lipinski definition) is 0. The predicted molar refractivity (Wildman–Crippen MR) is 91.1 cm³/mol. The van der Waals surface area contributed by atoms with E-state index in [2.05, 4.69) is 15.9 Å². The summed E-state index contributed by atoms with van der Waals surface area (Å²) in [6.07, 6.45) is 3.45. The van der Waals surface area contributed by atoms with Crippen LogP contribution in [0.4, 0.5) is 0 Å². The Labute approximate surface area is 139 Å². The van der Waals surface area contributed by atoms with E-state index in [4.69, 9.17) is 21.1 Å². The van der Waals surface area contributed by atoms with Crippen molar-refractivity contribution >= 4 is 27.5 Å². The zero-order chi connectivity index (χ0) is 14.9. The van der Waals surface area contributed by atoms with Crippen LogP contribution in [0, 0.1) is 0 Å². The molecule has 0 amide bonds. The molecule has 0 fully saturated rings. The van der Waals surface area contributed by atoms with Crippen molar-refractivity contribution < 1.29 is 9.47 Å². The van der Waals surface area contributed by atoms with Crippen LogP contribution < -0.4 is 9.47 Å². The number of rotatable bonds is 8. The summed E-state index contributed by atoms with van der Waals surface area (Å²) in [7, 11) is 0. The Balaban J connectivity index is 1.80. The summed E-state index contributed by atoms with van der Waals surface area (Å²) in [5.41, 5.74) is 0. The highest BCUT2D eigenvalue weighted by Crippen LogP contribution is 2.25. The summed E-state index contributed by atoms with van der Waals surface area (Å²) < 4.78 is 11.4. The second-order valence-electron chi connectivity index (χ2n) is 4.63. The van der Waals surface area contributed by atoms with Gasteiger partial charge < -0.3 is 9.47 Å². The highest BCUT2D eigenvalue weighted by molar-refractivity contribution is 9.09. The van der Waals surface area contributed by atoms with E-state index < -0.39 is 0 Å². The van der Waals surface area contributed by atoms with Crippen molar-refractivity contribution in [2.75, 3.05) is 11.9 Å². The van der Waals surface area contributed by atoms with E-state index in [1.54, 1.807) is 12.1 Å². The first kappa shape index (κ1) is 16.2. The SMILES string of the molecule is Clc1ccc(Oc2ccc(OCCCCCBr)cc2)cc1. The molecule has 0 N–H and O–H groups in total. The van der Waals surface area contributed by atoms with Gasteiger partial charge in [-0.1, -0.05) is 27.5 Å². The van der Waals surface area contributed by atoms with Gasteiger partial charge in [-0.2, -0.15) is 0 Å². The Morgan fingerprint density at radius 1 is 0.762 bits per heavy atom. The van der Waals surface area contributed by atoms with Crippen molar-refractivity contribution in [1.82, 2.24) is 0 Å². The third kappa shape index (κ3) is 5.98. The average Bonchev–Trinajstić information content (AvgIpc) is 2.51. The van der Waals surface area contributed by atoms with E-state index in [9.17, 15) is 0 Å². The highest BCUT2D eigenvalue weighted by Gasteiger charge is 1.99. The van der Waals surface area contributed by atoms with Crippen LogP contribution in [0.2, 0.25) is 5.02 Å². The van der Waals surface area contributed by atoms with Gasteiger partial charge in [-0.15, -0.1) is 0 Å². The third-order valence-corrected chi connectivity index (χ3v) is 3.73. The largest absolute Gasteiger partial charge is 0.494 e. The maximum absolute atomic E-state index is 5.84. The molecule has 0 heterocycles. The van der Waals surface area contributed by atoms with E-state index >= 15 is 0 Å². The number of halogens is 2. The molecule has 0 saturated heterocycles. The zero-order valence-corrected chi connectivity index (χ0v) is 14.1. The molecule has 0 unspecified atom stereocenters. The van der Waals surface area contributed by atoms with Crippen molar-refractivity contribution in [3.63, 3.8) is 0 Å². The molecule has 0 aliphatic carbocycles. The second-order valence-corrected chi connectivity index (χ2v) is 5.85. The summed E-state index contributed by atoms with van der Waals surface area (Å²) in [4.78, 5) is 0. The quantitative estimate of drug-likeness (QED) is 0.415. The summed E-state index contributed by atoms with van der Waals surface area (Å²) >= 11 is 9.26. The van der Waals surface area contributed by atoms with Crippen LogP contribution >= 0.6 is 27.5 Å². The summed E-state index contributed by atoms with van der Waals surface area (Å²) in [6.45, 7) is 0.754. The zero-order valence-electron chi connectivity index (χ0n) is 11.7. The normalized spacial score (nSPS) is 10.4. The fourth-order valence-electron chi connectivity index (χ4n) is 1.81. The molecule has 0 aliphatic heterocycles. The first-order valence-corrected chi connectivity index (χ1v) is 8.50. The van der Waals surface area contributed by atoms with Gasteiger partial charge in [0, 0.05) is 10.4 Å². The van der Waals surface area contributed by atoms with Gasteiger partial charge in [-0.05, 0) is 67.8 Å². The lowest BCUT2D eigenvalue weighted by Crippen LogP contribution is -1.97. The number of alkyl halides is 1. The summed E-state index contributed by atoms with van der Waals surface area (Å²) in [5, 5.41) is 1.76. The molecular formula is C17H18BrClO2. The van der Waals surface area contributed by atoms with Gasteiger partial charge in [0.2, 0.25) is 0 Å². The molecule has 4 heteroatoms. The van der Waals surface area contributed by atoms with Crippen LogP contribution in [0.5, 0.6) is 17.2 Å². The van der Waals surface area contributed by atoms with E-state index in [0.29, 0.717) is 5.02 Å². The van der Waals surface area contributed by atoms with Gasteiger partial charge in [-0.3, -0.25) is 0 Å². The van der Waals surface area contributed by atoms with Gasteiger partial charge >= 0.3 is 0 Å². The van der Waals surface area contributed by atoms with Crippen molar-refractivity contribution in [3.05, 3.63) is 53.6 Å². The predicted octanol–water partition coefficient (Wildman–Crippen LogP) is 6.08. The van der Waals surface area contributed by atoms with E-state index in [1.165, 1.54) is 12.8 Å². The standard InChI is InChI=1S/C17H18BrClO2/c18-12-2-1-3-13-20-15-8-10-17(11-9-15)21-16-6-4-14(19)5-7-16/h4-11H,1-3,12-13H2. The number of ether oxygens (including phenoxy) is 2. The van der Waals surface area contributed by atoms with Crippen LogP contribution in [-0.4, -0.2) is 11.9 Å². The van der Waals surface area contributed by atoms with Crippen LogP contribution in [-0.2, 0) is 0 Å². The van der Waals surface area contributed by atoms with Crippen molar-refractivity contribution in [3.8, 4) is 17.2 Å². The number of benzene rings is 2. The van der Waals surface area contributed by atoms with E-state index in [0.717, 1.165) is 35.6 Å². The van der Waals surface area contributed by atoms with Crippen molar-refractivity contribution in [1.29, 1.82) is 0 Å². The van der Waals surface area contributed by atoms with E-state index in [1.807, 2.05) is 36.4 Å². The first-order valence-electron chi connectivity index (χ1n) is 7.00. The maximum atomic E-state index is 5.84. The molecular weight excluding hydrogens is 352 g/mol. The average molecular weight is 370 g/mol. The fraction of sp³-hybridized carbons (Fsp3) is 0.294. The molecule has 2 nitrogen and oxygen atoms in total. The minimum atomic E-state index is 0.700. The number of unbranched alkanes of at least 4 members (excludes halogenated alkanes) is 2. The minimum Gasteiger partial charge on any atom is -0.494 e. The Morgan fingerprint density at radius 2 is 1.33 bits per heavy atom. The number of hydrogen-bond acceptors (Lipinski definition) is 2. The Hall–Kier alpha value is -1.19. The lowest BCUT2D eigenvalue weighted by molar-refractivity contribution is 0.306.